The number of rotatable bonds is 14. The minimum absolute atomic E-state index is 0.159. The van der Waals surface area contributed by atoms with E-state index in [-0.39, 0.29) is 39.3 Å². The SMILES string of the molecule is CCOC(=O)C(CCOCc1ccccc1)(CCOCc1ccccc1)C(=O)OCC. The summed E-state index contributed by atoms with van der Waals surface area (Å²) in [5.41, 5.74) is 0.581. The second-order valence-electron chi connectivity index (χ2n) is 7.10. The lowest BCUT2D eigenvalue weighted by molar-refractivity contribution is -0.175. The van der Waals surface area contributed by atoms with Gasteiger partial charge in [-0.2, -0.15) is 0 Å². The average molecular weight is 429 g/mol. The van der Waals surface area contributed by atoms with Gasteiger partial charge in [-0.3, -0.25) is 9.59 Å². The molecule has 168 valence electrons. The molecule has 2 aromatic carbocycles. The van der Waals surface area contributed by atoms with Crippen LogP contribution in [-0.2, 0) is 41.8 Å². The highest BCUT2D eigenvalue weighted by molar-refractivity contribution is 6.00. The molecular weight excluding hydrogens is 396 g/mol. The standard InChI is InChI=1S/C25H32O6/c1-3-30-23(26)25(24(27)31-4-2,15-17-28-19-21-11-7-5-8-12-21)16-18-29-20-22-13-9-6-10-14-22/h5-14H,3-4,15-20H2,1-2H3. The Morgan fingerprint density at radius 3 is 1.42 bits per heavy atom. The van der Waals surface area contributed by atoms with Crippen molar-refractivity contribution in [1.29, 1.82) is 0 Å². The first-order valence-corrected chi connectivity index (χ1v) is 10.7. The van der Waals surface area contributed by atoms with Gasteiger partial charge in [0.1, 0.15) is 0 Å². The van der Waals surface area contributed by atoms with Gasteiger partial charge in [0.25, 0.3) is 0 Å². The Labute approximate surface area is 184 Å². The largest absolute Gasteiger partial charge is 0.465 e. The highest BCUT2D eigenvalue weighted by Crippen LogP contribution is 2.31. The van der Waals surface area contributed by atoms with Crippen LogP contribution in [0.1, 0.15) is 37.8 Å². The van der Waals surface area contributed by atoms with Gasteiger partial charge in [-0.05, 0) is 37.8 Å². The van der Waals surface area contributed by atoms with Crippen molar-refractivity contribution in [2.75, 3.05) is 26.4 Å². The van der Waals surface area contributed by atoms with Crippen molar-refractivity contribution >= 4 is 11.9 Å². The summed E-state index contributed by atoms with van der Waals surface area (Å²) in [7, 11) is 0. The molecule has 6 nitrogen and oxygen atoms in total. The molecule has 0 atom stereocenters. The fourth-order valence-electron chi connectivity index (χ4n) is 3.18. The molecule has 2 rings (SSSR count). The zero-order valence-corrected chi connectivity index (χ0v) is 18.4. The number of hydrogen-bond donors (Lipinski definition) is 0. The van der Waals surface area contributed by atoms with Gasteiger partial charge >= 0.3 is 11.9 Å². The number of carbonyl (C=O) groups is 2. The molecule has 0 aromatic heterocycles. The van der Waals surface area contributed by atoms with Crippen molar-refractivity contribution in [3.05, 3.63) is 71.8 Å². The molecule has 0 aliphatic rings. The van der Waals surface area contributed by atoms with Gasteiger partial charge in [-0.1, -0.05) is 60.7 Å². The number of esters is 2. The molecule has 6 heteroatoms. The summed E-state index contributed by atoms with van der Waals surface area (Å²) in [6.45, 7) is 5.00. The summed E-state index contributed by atoms with van der Waals surface area (Å²) in [6.07, 6.45) is 0.318. The van der Waals surface area contributed by atoms with Crippen LogP contribution < -0.4 is 0 Å². The predicted octanol–water partition coefficient (Wildman–Crippen LogP) is 4.31. The molecule has 0 heterocycles. The average Bonchev–Trinajstić information content (AvgIpc) is 2.79. The highest BCUT2D eigenvalue weighted by atomic mass is 16.6. The van der Waals surface area contributed by atoms with Crippen molar-refractivity contribution in [3.8, 4) is 0 Å². The Morgan fingerprint density at radius 2 is 1.06 bits per heavy atom. The monoisotopic (exact) mass is 428 g/mol. The number of benzene rings is 2. The van der Waals surface area contributed by atoms with E-state index in [0.29, 0.717) is 13.2 Å². The van der Waals surface area contributed by atoms with E-state index in [1.54, 1.807) is 13.8 Å². The second kappa shape index (κ2) is 13.6. The van der Waals surface area contributed by atoms with E-state index in [1.165, 1.54) is 0 Å². The smallest absolute Gasteiger partial charge is 0.323 e. The summed E-state index contributed by atoms with van der Waals surface area (Å²) in [4.78, 5) is 25.8. The first kappa shape index (κ1) is 24.6. The van der Waals surface area contributed by atoms with E-state index in [2.05, 4.69) is 0 Å². The lowest BCUT2D eigenvalue weighted by Gasteiger charge is -2.29. The number of ether oxygens (including phenoxy) is 4. The van der Waals surface area contributed by atoms with Gasteiger partial charge in [0.05, 0.1) is 26.4 Å². The van der Waals surface area contributed by atoms with Crippen LogP contribution in [0.25, 0.3) is 0 Å². The molecule has 0 N–H and O–H groups in total. The molecular formula is C25H32O6. The topological polar surface area (TPSA) is 71.1 Å². The third-order valence-corrected chi connectivity index (χ3v) is 4.90. The molecule has 31 heavy (non-hydrogen) atoms. The Balaban J connectivity index is 2.02. The highest BCUT2D eigenvalue weighted by Gasteiger charge is 2.48. The summed E-state index contributed by atoms with van der Waals surface area (Å²) >= 11 is 0. The minimum atomic E-state index is -1.46. The molecule has 0 bridgehead atoms. The maximum atomic E-state index is 12.9. The maximum absolute atomic E-state index is 12.9. The van der Waals surface area contributed by atoms with Crippen molar-refractivity contribution in [2.45, 2.75) is 39.9 Å². The molecule has 0 radical (unpaired) electrons. The van der Waals surface area contributed by atoms with Gasteiger partial charge in [0, 0.05) is 13.2 Å². The van der Waals surface area contributed by atoms with Crippen molar-refractivity contribution < 1.29 is 28.5 Å². The van der Waals surface area contributed by atoms with Gasteiger partial charge in [-0.15, -0.1) is 0 Å². The second-order valence-corrected chi connectivity index (χ2v) is 7.10. The van der Waals surface area contributed by atoms with E-state index >= 15 is 0 Å². The molecule has 0 aliphatic carbocycles. The Hall–Kier alpha value is -2.70. The molecule has 2 aromatic rings. The van der Waals surface area contributed by atoms with Crippen LogP contribution in [0.2, 0.25) is 0 Å². The number of carbonyl (C=O) groups excluding carboxylic acids is 2. The van der Waals surface area contributed by atoms with Crippen molar-refractivity contribution in [2.24, 2.45) is 5.41 Å². The third-order valence-electron chi connectivity index (χ3n) is 4.90. The fourth-order valence-corrected chi connectivity index (χ4v) is 3.18. The van der Waals surface area contributed by atoms with Gasteiger partial charge < -0.3 is 18.9 Å². The molecule has 0 saturated carbocycles. The number of hydrogen-bond acceptors (Lipinski definition) is 6. The molecule has 0 amide bonds. The molecule has 0 unspecified atom stereocenters. The van der Waals surface area contributed by atoms with E-state index < -0.39 is 17.4 Å². The molecule has 0 aliphatic heterocycles. The van der Waals surface area contributed by atoms with Crippen LogP contribution >= 0.6 is 0 Å². The molecule has 0 saturated heterocycles. The lowest BCUT2D eigenvalue weighted by Crippen LogP contribution is -2.44. The minimum Gasteiger partial charge on any atom is -0.465 e. The summed E-state index contributed by atoms with van der Waals surface area (Å²) in [5, 5.41) is 0. The van der Waals surface area contributed by atoms with Crippen LogP contribution in [0.4, 0.5) is 0 Å². The Bertz CT molecular complexity index is 708. The first-order valence-electron chi connectivity index (χ1n) is 10.7. The van der Waals surface area contributed by atoms with Crippen molar-refractivity contribution in [1.82, 2.24) is 0 Å². The predicted molar refractivity (Wildman–Crippen MR) is 117 cm³/mol. The normalized spacial score (nSPS) is 11.2. The summed E-state index contributed by atoms with van der Waals surface area (Å²) in [5.74, 6) is -1.19. The van der Waals surface area contributed by atoms with Gasteiger partial charge in [0.15, 0.2) is 5.41 Å². The lowest BCUT2D eigenvalue weighted by atomic mass is 9.81. The first-order chi connectivity index (χ1) is 15.1. The van der Waals surface area contributed by atoms with Crippen LogP contribution in [0.5, 0.6) is 0 Å². The van der Waals surface area contributed by atoms with E-state index in [9.17, 15) is 9.59 Å². The van der Waals surface area contributed by atoms with Gasteiger partial charge in [0.2, 0.25) is 0 Å². The van der Waals surface area contributed by atoms with Crippen molar-refractivity contribution in [3.63, 3.8) is 0 Å². The van der Waals surface area contributed by atoms with Crippen LogP contribution in [0, 0.1) is 5.41 Å². The molecule has 0 fully saturated rings. The van der Waals surface area contributed by atoms with Crippen LogP contribution in [-0.4, -0.2) is 38.4 Å². The zero-order chi connectivity index (χ0) is 22.4. The van der Waals surface area contributed by atoms with Crippen LogP contribution in [0.15, 0.2) is 60.7 Å². The fraction of sp³-hybridized carbons (Fsp3) is 0.440. The zero-order valence-electron chi connectivity index (χ0n) is 18.4. The molecule has 0 spiro atoms. The maximum Gasteiger partial charge on any atom is 0.323 e. The van der Waals surface area contributed by atoms with Gasteiger partial charge in [-0.25, -0.2) is 0 Å². The Morgan fingerprint density at radius 1 is 0.677 bits per heavy atom. The Kier molecular flexibility index (Phi) is 10.8. The third kappa shape index (κ3) is 7.81. The van der Waals surface area contributed by atoms with E-state index in [1.807, 2.05) is 60.7 Å². The quantitative estimate of drug-likeness (QED) is 0.254. The van der Waals surface area contributed by atoms with Crippen LogP contribution in [0.3, 0.4) is 0 Å². The van der Waals surface area contributed by atoms with E-state index in [0.717, 1.165) is 11.1 Å². The summed E-state index contributed by atoms with van der Waals surface area (Å²) < 4.78 is 22.0. The van der Waals surface area contributed by atoms with E-state index in [4.69, 9.17) is 18.9 Å². The summed E-state index contributed by atoms with van der Waals surface area (Å²) in [6, 6.07) is 19.4.